The van der Waals surface area contributed by atoms with Crippen LogP contribution in [0.2, 0.25) is 0 Å². The fraction of sp³-hybridized carbons (Fsp3) is 0.556. The van der Waals surface area contributed by atoms with Gasteiger partial charge in [0.2, 0.25) is 0 Å². The Kier molecular flexibility index (Phi) is 22.8. The molecule has 0 aliphatic rings. The Hall–Kier alpha value is -1.66. The summed E-state index contributed by atoms with van der Waals surface area (Å²) in [6, 6.07) is 5.38. The van der Waals surface area contributed by atoms with Crippen LogP contribution >= 0.6 is 0 Å². The number of benzene rings is 1. The molecule has 0 unspecified atom stereocenters. The molecule has 0 fully saturated rings. The smallest absolute Gasteiger partial charge is 0.545 e. The van der Waals surface area contributed by atoms with E-state index in [2.05, 4.69) is 43.1 Å². The second-order valence-electron chi connectivity index (χ2n) is 7.74. The second kappa shape index (κ2) is 22.5. The zero-order valence-electron chi connectivity index (χ0n) is 22.5. The van der Waals surface area contributed by atoms with Crippen LogP contribution in [0.5, 0.6) is 11.5 Å². The molecule has 0 spiro atoms. The molecule has 0 saturated carbocycles. The standard InChI is InChI=1S/C24H37N3O4.C2H5.CHO.U/c1-5-7-8-10-17(6-2)25-24-21(16-28)19(11-9-14-30-3)23(26-27-24)20-13-12-18(31-4)15-22(20)29;2*1-2;/h12-13,15,17,28-29H,5-11,14,16H2,1-4H3,(H,25,27);1H2,2H3;1H;/q;2*-1;+2/t17-;;;/m0.../s1. The zero-order chi connectivity index (χ0) is 26.6. The third-order valence-corrected chi connectivity index (χ3v) is 5.57. The molecular formula is C27H43N3O5U. The molecule has 3 N–H and O–H groups in total. The van der Waals surface area contributed by atoms with Crippen molar-refractivity contribution < 1.29 is 55.6 Å². The first-order valence-corrected chi connectivity index (χ1v) is 12.2. The SMILES string of the molecule is CCCCC[C@H](CC)Nc1nnc(-c2ccc(OC)cc2O)c(CCCOC)c1CO.[CH-]=O.[CH2-]C.[U+2]. The van der Waals surface area contributed by atoms with E-state index in [1.54, 1.807) is 39.3 Å². The number of nitrogens with one attached hydrogen (secondary N) is 1. The van der Waals surface area contributed by atoms with Gasteiger partial charge in [-0.1, -0.05) is 33.1 Å². The van der Waals surface area contributed by atoms with Gasteiger partial charge in [-0.3, -0.25) is 6.79 Å². The molecule has 8 nitrogen and oxygen atoms in total. The molecule has 0 aliphatic carbocycles. The number of unbranched alkanes of at least 4 members (excludes halogenated alkanes) is 2. The van der Waals surface area contributed by atoms with Crippen molar-refractivity contribution in [1.82, 2.24) is 10.2 Å². The molecule has 0 saturated heterocycles. The first-order chi connectivity index (χ1) is 17.1. The summed E-state index contributed by atoms with van der Waals surface area (Å²) in [6.07, 6.45) is 6.99. The fourth-order valence-electron chi connectivity index (χ4n) is 3.72. The van der Waals surface area contributed by atoms with Gasteiger partial charge < -0.3 is 36.7 Å². The topological polar surface area (TPSA) is 114 Å². The van der Waals surface area contributed by atoms with E-state index in [0.717, 1.165) is 36.8 Å². The molecule has 0 aliphatic heterocycles. The molecule has 1 heterocycles. The average Bonchev–Trinajstić information content (AvgIpc) is 2.90. The maximum Gasteiger partial charge on any atom is 2.00 e. The van der Waals surface area contributed by atoms with Crippen molar-refractivity contribution in [2.45, 2.75) is 78.4 Å². The zero-order valence-corrected chi connectivity index (χ0v) is 26.6. The maximum absolute atomic E-state index is 10.6. The van der Waals surface area contributed by atoms with Gasteiger partial charge in [-0.25, -0.2) is 0 Å². The number of anilines is 1. The molecule has 0 amide bonds. The van der Waals surface area contributed by atoms with Crippen LogP contribution in [0.4, 0.5) is 5.82 Å². The Bertz CT molecular complexity index is 839. The molecule has 0 radical (unpaired) electrons. The van der Waals surface area contributed by atoms with E-state index in [4.69, 9.17) is 14.3 Å². The molecule has 2 aromatic rings. The first kappa shape index (κ1) is 36.5. The fourth-order valence-corrected chi connectivity index (χ4v) is 3.72. The van der Waals surface area contributed by atoms with Gasteiger partial charge in [0, 0.05) is 37.0 Å². The van der Waals surface area contributed by atoms with E-state index in [0.29, 0.717) is 35.9 Å². The third-order valence-electron chi connectivity index (χ3n) is 5.57. The molecule has 2 rings (SSSR count). The molecule has 1 aromatic carbocycles. The average molecular weight is 728 g/mol. The predicted octanol–water partition coefficient (Wildman–Crippen LogP) is 5.27. The Morgan fingerprint density at radius 1 is 1.08 bits per heavy atom. The summed E-state index contributed by atoms with van der Waals surface area (Å²) in [7, 11) is 3.22. The summed E-state index contributed by atoms with van der Waals surface area (Å²) in [6.45, 7) is 13.0. The van der Waals surface area contributed by atoms with Gasteiger partial charge >= 0.3 is 31.1 Å². The number of nitrogens with zero attached hydrogens (tertiary/aromatic N) is 2. The Morgan fingerprint density at radius 2 is 1.78 bits per heavy atom. The maximum atomic E-state index is 10.6. The van der Waals surface area contributed by atoms with Crippen molar-refractivity contribution in [3.8, 4) is 22.8 Å². The van der Waals surface area contributed by atoms with Crippen LogP contribution in [0.1, 0.15) is 70.4 Å². The van der Waals surface area contributed by atoms with Crippen molar-refractivity contribution in [3.63, 3.8) is 0 Å². The van der Waals surface area contributed by atoms with Crippen LogP contribution in [0.25, 0.3) is 11.3 Å². The number of ether oxygens (including phenoxy) is 2. The summed E-state index contributed by atoms with van der Waals surface area (Å²) in [5.74, 6) is 1.25. The number of phenols is 1. The van der Waals surface area contributed by atoms with E-state index in [1.807, 2.05) is 0 Å². The van der Waals surface area contributed by atoms with Gasteiger partial charge in [0.15, 0.2) is 5.82 Å². The summed E-state index contributed by atoms with van der Waals surface area (Å²) in [4.78, 5) is 7.75. The largest absolute Gasteiger partial charge is 2.00 e. The van der Waals surface area contributed by atoms with E-state index in [9.17, 15) is 10.2 Å². The minimum absolute atomic E-state index is 0. The monoisotopic (exact) mass is 727 g/mol. The number of methoxy groups -OCH3 is 2. The number of phenolic OH excluding ortho intramolecular Hbond substituents is 1. The van der Waals surface area contributed by atoms with Crippen molar-refractivity contribution in [2.75, 3.05) is 26.1 Å². The summed E-state index contributed by atoms with van der Waals surface area (Å²) < 4.78 is 10.4. The van der Waals surface area contributed by atoms with Crippen LogP contribution in [0, 0.1) is 38.0 Å². The van der Waals surface area contributed by atoms with E-state index in [-0.39, 0.29) is 49.5 Å². The molecule has 200 valence electrons. The van der Waals surface area contributed by atoms with E-state index >= 15 is 0 Å². The number of aromatic nitrogens is 2. The predicted molar refractivity (Wildman–Crippen MR) is 141 cm³/mol. The molecule has 36 heavy (non-hydrogen) atoms. The van der Waals surface area contributed by atoms with Gasteiger partial charge in [-0.15, -0.1) is 10.2 Å². The number of rotatable bonds is 14. The van der Waals surface area contributed by atoms with Gasteiger partial charge in [0.1, 0.15) is 17.2 Å². The Labute approximate surface area is 241 Å². The number of carbonyl (C=O) groups excluding carboxylic acids is 1. The van der Waals surface area contributed by atoms with Crippen LogP contribution in [-0.4, -0.2) is 54.1 Å². The molecule has 9 heteroatoms. The minimum Gasteiger partial charge on any atom is -0.545 e. The Morgan fingerprint density at radius 3 is 2.31 bits per heavy atom. The molecular weight excluding hydrogens is 684 g/mol. The summed E-state index contributed by atoms with van der Waals surface area (Å²) >= 11 is 0. The summed E-state index contributed by atoms with van der Waals surface area (Å²) in [5, 5.41) is 33.2. The van der Waals surface area contributed by atoms with Crippen molar-refractivity contribution in [1.29, 1.82) is 0 Å². The van der Waals surface area contributed by atoms with E-state index in [1.165, 1.54) is 12.8 Å². The first-order valence-electron chi connectivity index (χ1n) is 12.2. The van der Waals surface area contributed by atoms with Gasteiger partial charge in [-0.05, 0) is 43.4 Å². The minimum atomic E-state index is -0.157. The number of aliphatic hydroxyl groups is 1. The number of aliphatic hydroxyl groups excluding tert-OH is 1. The third kappa shape index (κ3) is 11.6. The number of aromatic hydroxyl groups is 1. The quantitative estimate of drug-likeness (QED) is 0.137. The number of hydrogen-bond donors (Lipinski definition) is 3. The number of hydrogen-bond acceptors (Lipinski definition) is 8. The van der Waals surface area contributed by atoms with Crippen molar-refractivity contribution in [3.05, 3.63) is 36.2 Å². The molecule has 1 atom stereocenters. The second-order valence-corrected chi connectivity index (χ2v) is 7.74. The van der Waals surface area contributed by atoms with Crippen molar-refractivity contribution in [2.24, 2.45) is 0 Å². The molecule has 0 bridgehead atoms. The van der Waals surface area contributed by atoms with Crippen molar-refractivity contribution >= 4 is 12.6 Å². The van der Waals surface area contributed by atoms with Crippen LogP contribution in [0.15, 0.2) is 18.2 Å². The normalized spacial score (nSPS) is 10.6. The van der Waals surface area contributed by atoms with Gasteiger partial charge in [0.25, 0.3) is 0 Å². The van der Waals surface area contributed by atoms with Crippen LogP contribution in [0.3, 0.4) is 0 Å². The van der Waals surface area contributed by atoms with E-state index < -0.39 is 0 Å². The molecule has 1 aromatic heterocycles. The Balaban J connectivity index is 0. The van der Waals surface area contributed by atoms with Gasteiger partial charge in [0.05, 0.1) is 13.7 Å². The van der Waals surface area contributed by atoms with Crippen LogP contribution < -0.4 is 10.1 Å². The summed E-state index contributed by atoms with van der Waals surface area (Å²) in [5.41, 5.74) is 2.74. The van der Waals surface area contributed by atoms with Gasteiger partial charge in [-0.2, -0.15) is 6.92 Å². The van der Waals surface area contributed by atoms with Crippen LogP contribution in [-0.2, 0) is 22.6 Å².